The van der Waals surface area contributed by atoms with E-state index in [2.05, 4.69) is 32.1 Å². The molecule has 2 heterocycles. The van der Waals surface area contributed by atoms with Crippen molar-refractivity contribution in [2.75, 3.05) is 26.4 Å². The van der Waals surface area contributed by atoms with Crippen LogP contribution in [0.5, 0.6) is 0 Å². The van der Waals surface area contributed by atoms with Crippen molar-refractivity contribution in [2.45, 2.75) is 242 Å². The van der Waals surface area contributed by atoms with Gasteiger partial charge in [-0.25, -0.2) is 0 Å². The lowest BCUT2D eigenvalue weighted by Gasteiger charge is -2.42. The average Bonchev–Trinajstić information content (AvgIpc) is 3.28. The number of hydrogen-bond donors (Lipinski definition) is 7. The molecular weight excluding hydrogens is 817 g/mol. The molecule has 15 nitrogen and oxygen atoms in total. The number of ether oxygens (including phenoxy) is 6. The molecule has 0 amide bonds. The van der Waals surface area contributed by atoms with Gasteiger partial charge in [-0.1, -0.05) is 134 Å². The van der Waals surface area contributed by atoms with Crippen LogP contribution in [0.3, 0.4) is 0 Å². The first-order valence-corrected chi connectivity index (χ1v) is 24.4. The van der Waals surface area contributed by atoms with Gasteiger partial charge in [0.2, 0.25) is 0 Å². The molecule has 2 rings (SSSR count). The molecular formula is C48H86O15. The van der Waals surface area contributed by atoms with Crippen molar-refractivity contribution < 1.29 is 73.8 Å². The third-order valence-corrected chi connectivity index (χ3v) is 11.7. The molecule has 0 spiro atoms. The van der Waals surface area contributed by atoms with E-state index in [0.717, 1.165) is 51.4 Å². The maximum atomic E-state index is 12.9. The first kappa shape index (κ1) is 57.1. The SMILES string of the molecule is CCCCC/C=C/CCCCCCCC(=O)O[C@H](COC(=O)CC/C=C/CCCCCCCCCCCCC)CO[C@@H]1O[C@H](CO[C@@H]2O[C@H](CO)[C@H](O)C(O)C2O)[C@H](O)C(O)C1O. The van der Waals surface area contributed by atoms with Crippen molar-refractivity contribution in [3.05, 3.63) is 24.3 Å². The van der Waals surface area contributed by atoms with Gasteiger partial charge in [0.1, 0.15) is 55.4 Å². The average molecular weight is 903 g/mol. The molecule has 2 fully saturated rings. The van der Waals surface area contributed by atoms with E-state index in [1.165, 1.54) is 83.5 Å². The Morgan fingerprint density at radius 1 is 0.492 bits per heavy atom. The van der Waals surface area contributed by atoms with Gasteiger partial charge in [-0.2, -0.15) is 0 Å². The minimum Gasteiger partial charge on any atom is -0.462 e. The zero-order valence-corrected chi connectivity index (χ0v) is 38.6. The number of carbonyl (C=O) groups is 2. The highest BCUT2D eigenvalue weighted by Gasteiger charge is 2.47. The number of hydrogen-bond acceptors (Lipinski definition) is 15. The van der Waals surface area contributed by atoms with E-state index in [1.54, 1.807) is 0 Å². The summed E-state index contributed by atoms with van der Waals surface area (Å²) in [7, 11) is 0. The van der Waals surface area contributed by atoms with Gasteiger partial charge in [-0.15, -0.1) is 0 Å². The molecule has 0 aromatic heterocycles. The number of allylic oxidation sites excluding steroid dienone is 4. The minimum atomic E-state index is -1.77. The summed E-state index contributed by atoms with van der Waals surface area (Å²) >= 11 is 0. The van der Waals surface area contributed by atoms with Crippen molar-refractivity contribution in [1.82, 2.24) is 0 Å². The van der Waals surface area contributed by atoms with Crippen LogP contribution in [0.25, 0.3) is 0 Å². The van der Waals surface area contributed by atoms with Crippen LogP contribution in [0.1, 0.15) is 174 Å². The summed E-state index contributed by atoms with van der Waals surface area (Å²) in [6.45, 7) is 2.51. The monoisotopic (exact) mass is 903 g/mol. The fourth-order valence-corrected chi connectivity index (χ4v) is 7.58. The van der Waals surface area contributed by atoms with Crippen LogP contribution in [-0.2, 0) is 38.0 Å². The van der Waals surface area contributed by atoms with Crippen LogP contribution in [0, 0.1) is 0 Å². The second-order valence-electron chi connectivity index (χ2n) is 17.3. The smallest absolute Gasteiger partial charge is 0.306 e. The number of carbonyl (C=O) groups excluding carboxylic acids is 2. The molecule has 0 bridgehead atoms. The molecule has 11 atom stereocenters. The van der Waals surface area contributed by atoms with Crippen molar-refractivity contribution in [3.8, 4) is 0 Å². The number of unbranched alkanes of at least 4 members (excludes halogenated alkanes) is 19. The maximum Gasteiger partial charge on any atom is 0.306 e. The predicted molar refractivity (Wildman–Crippen MR) is 238 cm³/mol. The van der Waals surface area contributed by atoms with E-state index in [-0.39, 0.29) is 19.4 Å². The lowest BCUT2D eigenvalue weighted by molar-refractivity contribution is -0.332. The largest absolute Gasteiger partial charge is 0.462 e. The second-order valence-corrected chi connectivity index (χ2v) is 17.3. The van der Waals surface area contributed by atoms with E-state index >= 15 is 0 Å². The first-order valence-electron chi connectivity index (χ1n) is 24.4. The summed E-state index contributed by atoms with van der Waals surface area (Å²) < 4.78 is 33.4. The predicted octanol–water partition coefficient (Wildman–Crippen LogP) is 5.99. The number of aliphatic hydroxyl groups excluding tert-OH is 7. The maximum absolute atomic E-state index is 12.9. The van der Waals surface area contributed by atoms with Gasteiger partial charge < -0.3 is 64.2 Å². The summed E-state index contributed by atoms with van der Waals surface area (Å²) in [4.78, 5) is 25.6. The first-order chi connectivity index (χ1) is 30.5. The Morgan fingerprint density at radius 3 is 1.49 bits per heavy atom. The van der Waals surface area contributed by atoms with Gasteiger partial charge in [0.05, 0.1) is 19.8 Å². The standard InChI is InChI=1S/C48H86O15/c1-3-5-7-9-11-13-15-17-18-19-21-22-24-26-28-30-39(50)58-33-36(61-40(51)31-29-27-25-23-20-16-14-12-10-8-6-4-2)34-59-47-46(57)44(55)42(53)38(63-47)35-60-48-45(56)43(54)41(52)37(32-49)62-48/h12,14,24,26,36-38,41-49,52-57H,3-11,13,15-23,25,27-35H2,1-2H3/b14-12+,26-24+/t36-,37-,38-,41+,42+,43?,44?,45?,46?,47-,48-/m1/s1. The molecule has 63 heavy (non-hydrogen) atoms. The molecule has 4 unspecified atom stereocenters. The highest BCUT2D eigenvalue weighted by Crippen LogP contribution is 2.26. The normalized spacial score (nSPS) is 27.0. The van der Waals surface area contributed by atoms with E-state index in [4.69, 9.17) is 28.4 Å². The number of rotatable bonds is 37. The van der Waals surface area contributed by atoms with E-state index in [0.29, 0.717) is 12.8 Å². The Kier molecular flexibility index (Phi) is 32.8. The zero-order chi connectivity index (χ0) is 46.1. The molecule has 0 aliphatic carbocycles. The van der Waals surface area contributed by atoms with Gasteiger partial charge in [-0.05, 0) is 51.4 Å². The van der Waals surface area contributed by atoms with Gasteiger partial charge in [0.15, 0.2) is 18.7 Å². The van der Waals surface area contributed by atoms with E-state index < -0.39 is 99.3 Å². The fourth-order valence-electron chi connectivity index (χ4n) is 7.58. The summed E-state index contributed by atoms with van der Waals surface area (Å²) in [5.41, 5.74) is 0. The van der Waals surface area contributed by atoms with Gasteiger partial charge in [-0.3, -0.25) is 9.59 Å². The van der Waals surface area contributed by atoms with Crippen LogP contribution in [0.4, 0.5) is 0 Å². The lowest BCUT2D eigenvalue weighted by Crippen LogP contribution is -2.61. The zero-order valence-electron chi connectivity index (χ0n) is 38.6. The van der Waals surface area contributed by atoms with Gasteiger partial charge in [0.25, 0.3) is 0 Å². The third-order valence-electron chi connectivity index (χ3n) is 11.7. The quantitative estimate of drug-likeness (QED) is 0.0216. The fraction of sp³-hybridized carbons (Fsp3) is 0.875. The molecule has 0 aromatic rings. The van der Waals surface area contributed by atoms with Crippen molar-refractivity contribution >= 4 is 11.9 Å². The Balaban J connectivity index is 1.84. The highest BCUT2D eigenvalue weighted by molar-refractivity contribution is 5.70. The van der Waals surface area contributed by atoms with Gasteiger partial charge >= 0.3 is 11.9 Å². The summed E-state index contributed by atoms with van der Waals surface area (Å²) in [6.07, 6.45) is 18.0. The Bertz CT molecular complexity index is 1200. The molecule has 15 heteroatoms. The van der Waals surface area contributed by atoms with E-state index in [1.807, 2.05) is 6.08 Å². The van der Waals surface area contributed by atoms with Crippen LogP contribution in [-0.4, -0.2) is 142 Å². The second kappa shape index (κ2) is 36.1. The van der Waals surface area contributed by atoms with Crippen LogP contribution in [0.2, 0.25) is 0 Å². The lowest BCUT2D eigenvalue weighted by atomic mass is 9.98. The molecule has 0 saturated carbocycles. The minimum absolute atomic E-state index is 0.135. The molecule has 2 aliphatic heterocycles. The summed E-state index contributed by atoms with van der Waals surface area (Å²) in [5, 5.41) is 71.9. The van der Waals surface area contributed by atoms with Crippen LogP contribution < -0.4 is 0 Å². The molecule has 2 saturated heterocycles. The summed E-state index contributed by atoms with van der Waals surface area (Å²) in [6, 6.07) is 0. The molecule has 0 aromatic carbocycles. The Hall–Kier alpha value is -2.02. The highest BCUT2D eigenvalue weighted by atomic mass is 16.7. The van der Waals surface area contributed by atoms with Crippen LogP contribution >= 0.6 is 0 Å². The van der Waals surface area contributed by atoms with Crippen molar-refractivity contribution in [2.24, 2.45) is 0 Å². The molecule has 368 valence electrons. The number of aliphatic hydroxyl groups is 7. The Morgan fingerprint density at radius 2 is 0.937 bits per heavy atom. The van der Waals surface area contributed by atoms with Crippen LogP contribution in [0.15, 0.2) is 24.3 Å². The number of esters is 2. The third kappa shape index (κ3) is 24.9. The van der Waals surface area contributed by atoms with Crippen molar-refractivity contribution in [3.63, 3.8) is 0 Å². The molecule has 7 N–H and O–H groups in total. The summed E-state index contributed by atoms with van der Waals surface area (Å²) in [5.74, 6) is -0.990. The molecule has 2 aliphatic rings. The van der Waals surface area contributed by atoms with Gasteiger partial charge in [0, 0.05) is 12.8 Å². The Labute approximate surface area is 377 Å². The molecule has 0 radical (unpaired) electrons. The van der Waals surface area contributed by atoms with E-state index in [9.17, 15) is 45.3 Å². The van der Waals surface area contributed by atoms with Crippen molar-refractivity contribution in [1.29, 1.82) is 0 Å². The topological polar surface area (TPSA) is 231 Å².